The van der Waals surface area contributed by atoms with E-state index in [0.29, 0.717) is 4.31 Å². The number of aromatic nitrogens is 2. The van der Waals surface area contributed by atoms with Gasteiger partial charge >= 0.3 is 12.0 Å². The molecule has 15 heteroatoms. The van der Waals surface area contributed by atoms with Crippen molar-refractivity contribution in [2.24, 2.45) is 10.7 Å². The number of amides is 3. The number of hydrogen-bond acceptors (Lipinski definition) is 10. The molecule has 0 saturated carbocycles. The zero-order chi connectivity index (χ0) is 22.6. The zero-order valence-electron chi connectivity index (χ0n) is 16.5. The van der Waals surface area contributed by atoms with Crippen molar-refractivity contribution in [3.05, 3.63) is 23.2 Å². The van der Waals surface area contributed by atoms with E-state index in [2.05, 4.69) is 15.2 Å². The summed E-state index contributed by atoms with van der Waals surface area (Å²) in [5.41, 5.74) is 4.71. The van der Waals surface area contributed by atoms with Gasteiger partial charge in [-0.2, -0.15) is 18.5 Å². The number of carbonyl (C=O) groups is 3. The van der Waals surface area contributed by atoms with Crippen LogP contribution in [0, 0.1) is 6.92 Å². The number of hydrogen-bond donors (Lipinski definition) is 3. The van der Waals surface area contributed by atoms with Crippen LogP contribution in [0.2, 0.25) is 0 Å². The molecule has 0 aliphatic carbocycles. The van der Waals surface area contributed by atoms with Crippen LogP contribution in [0.1, 0.15) is 23.0 Å². The quantitative estimate of drug-likeness (QED) is 0.440. The molecule has 3 amide bonds. The zero-order valence-corrected chi connectivity index (χ0v) is 17.3. The van der Waals surface area contributed by atoms with E-state index in [1.165, 1.54) is 14.0 Å². The SMILES string of the molecule is CCOC(=O)c1c(S(=O)(=O)N2C(C(=O)NC(N)=O)=NC(OC)=CC2OC)n[nH]c1C. The van der Waals surface area contributed by atoms with E-state index in [9.17, 15) is 22.8 Å². The van der Waals surface area contributed by atoms with Gasteiger partial charge in [0.25, 0.3) is 15.9 Å². The van der Waals surface area contributed by atoms with Gasteiger partial charge in [-0.25, -0.2) is 13.9 Å². The minimum atomic E-state index is -4.74. The van der Waals surface area contributed by atoms with E-state index >= 15 is 0 Å². The van der Waals surface area contributed by atoms with Crippen molar-refractivity contribution < 1.29 is 37.0 Å². The molecule has 1 aromatic heterocycles. The molecule has 0 bridgehead atoms. The number of rotatable bonds is 7. The Bertz CT molecular complexity index is 1030. The van der Waals surface area contributed by atoms with Crippen LogP contribution in [-0.2, 0) is 29.0 Å². The van der Waals surface area contributed by atoms with E-state index < -0.39 is 45.0 Å². The molecule has 1 aromatic rings. The summed E-state index contributed by atoms with van der Waals surface area (Å²) in [6.07, 6.45) is -0.273. The molecule has 0 saturated heterocycles. The summed E-state index contributed by atoms with van der Waals surface area (Å²) in [7, 11) is -2.35. The molecule has 30 heavy (non-hydrogen) atoms. The molecule has 164 valence electrons. The maximum absolute atomic E-state index is 13.4. The maximum Gasteiger partial charge on any atom is 0.343 e. The smallest absolute Gasteiger partial charge is 0.343 e. The lowest BCUT2D eigenvalue weighted by Gasteiger charge is -2.31. The Balaban J connectivity index is 2.67. The monoisotopic (exact) mass is 444 g/mol. The van der Waals surface area contributed by atoms with E-state index in [0.717, 1.165) is 13.2 Å². The van der Waals surface area contributed by atoms with E-state index in [1.54, 1.807) is 12.2 Å². The summed E-state index contributed by atoms with van der Waals surface area (Å²) in [5, 5.41) is 7.08. The Hall–Kier alpha value is -3.46. The molecular formula is C15H20N6O8S. The topological polar surface area (TPSA) is 195 Å². The van der Waals surface area contributed by atoms with Gasteiger partial charge in [-0.15, -0.1) is 0 Å². The van der Waals surface area contributed by atoms with Gasteiger partial charge in [0.05, 0.1) is 13.7 Å². The number of nitrogens with two attached hydrogens (primary N) is 1. The molecule has 0 radical (unpaired) electrons. The number of amidine groups is 1. The van der Waals surface area contributed by atoms with Gasteiger partial charge in [0.1, 0.15) is 5.56 Å². The first-order valence-electron chi connectivity index (χ1n) is 8.33. The summed E-state index contributed by atoms with van der Waals surface area (Å²) in [6.45, 7) is 2.95. The van der Waals surface area contributed by atoms with Gasteiger partial charge in [-0.3, -0.25) is 15.2 Å². The molecule has 0 aromatic carbocycles. The fraction of sp³-hybridized carbons (Fsp3) is 0.400. The molecule has 1 unspecified atom stereocenters. The van der Waals surface area contributed by atoms with Gasteiger partial charge in [0.15, 0.2) is 6.23 Å². The molecule has 2 heterocycles. The lowest BCUT2D eigenvalue weighted by Crippen LogP contribution is -2.54. The van der Waals surface area contributed by atoms with E-state index in [1.807, 2.05) is 0 Å². The number of nitrogens with one attached hydrogen (secondary N) is 2. The second-order valence-corrected chi connectivity index (χ2v) is 7.37. The number of H-pyrrole nitrogens is 1. The van der Waals surface area contributed by atoms with E-state index in [4.69, 9.17) is 19.9 Å². The number of primary amides is 1. The minimum Gasteiger partial charge on any atom is -0.481 e. The van der Waals surface area contributed by atoms with Crippen LogP contribution in [0.15, 0.2) is 22.0 Å². The number of imide groups is 1. The average Bonchev–Trinajstić information content (AvgIpc) is 3.08. The predicted octanol–water partition coefficient (Wildman–Crippen LogP) is -1.05. The molecule has 0 spiro atoms. The molecular weight excluding hydrogens is 424 g/mol. The molecule has 0 fully saturated rings. The summed E-state index contributed by atoms with van der Waals surface area (Å²) in [5.74, 6) is -3.15. The van der Waals surface area contributed by atoms with Crippen molar-refractivity contribution in [1.29, 1.82) is 0 Å². The Labute approximate surface area is 171 Å². The number of aryl methyl sites for hydroxylation is 1. The highest BCUT2D eigenvalue weighted by Crippen LogP contribution is 2.27. The molecule has 1 aliphatic rings. The van der Waals surface area contributed by atoms with Crippen molar-refractivity contribution in [1.82, 2.24) is 19.8 Å². The number of aromatic amines is 1. The highest BCUT2D eigenvalue weighted by Gasteiger charge is 2.44. The Kier molecular flexibility index (Phi) is 6.78. The lowest BCUT2D eigenvalue weighted by molar-refractivity contribution is -0.114. The van der Waals surface area contributed by atoms with Crippen molar-refractivity contribution in [2.75, 3.05) is 20.8 Å². The molecule has 1 aliphatic heterocycles. The number of nitrogens with zero attached hydrogens (tertiary/aromatic N) is 3. The average molecular weight is 444 g/mol. The largest absolute Gasteiger partial charge is 0.481 e. The molecule has 4 N–H and O–H groups in total. The van der Waals surface area contributed by atoms with Gasteiger partial charge in [0.2, 0.25) is 16.7 Å². The van der Waals surface area contributed by atoms with Crippen LogP contribution < -0.4 is 11.1 Å². The van der Waals surface area contributed by atoms with Crippen molar-refractivity contribution >= 4 is 33.8 Å². The number of urea groups is 1. The Morgan fingerprint density at radius 1 is 1.33 bits per heavy atom. The number of carbonyl (C=O) groups excluding carboxylic acids is 3. The van der Waals surface area contributed by atoms with Crippen LogP contribution in [0.3, 0.4) is 0 Å². The number of sulfonamides is 1. The first-order valence-corrected chi connectivity index (χ1v) is 9.77. The summed E-state index contributed by atoms with van der Waals surface area (Å²) < 4.78 is 42.2. The van der Waals surface area contributed by atoms with Gasteiger partial charge < -0.3 is 19.9 Å². The second kappa shape index (κ2) is 8.91. The fourth-order valence-corrected chi connectivity index (χ4v) is 4.09. The van der Waals surface area contributed by atoms with Crippen LogP contribution in [-0.4, -0.2) is 73.7 Å². The van der Waals surface area contributed by atoms with Crippen LogP contribution in [0.25, 0.3) is 0 Å². The third kappa shape index (κ3) is 4.25. The Morgan fingerprint density at radius 2 is 2.00 bits per heavy atom. The predicted molar refractivity (Wildman–Crippen MR) is 99.4 cm³/mol. The van der Waals surface area contributed by atoms with Crippen molar-refractivity contribution in [3.8, 4) is 0 Å². The first-order chi connectivity index (χ1) is 14.1. The van der Waals surface area contributed by atoms with Gasteiger partial charge in [-0.05, 0) is 13.8 Å². The third-order valence-corrected chi connectivity index (χ3v) is 5.41. The van der Waals surface area contributed by atoms with Crippen LogP contribution in [0.4, 0.5) is 4.79 Å². The molecule has 2 rings (SSSR count). The number of methoxy groups -OCH3 is 2. The number of esters is 1. The summed E-state index contributed by atoms with van der Waals surface area (Å²) >= 11 is 0. The fourth-order valence-electron chi connectivity index (χ4n) is 2.48. The number of aliphatic imine (C=N–C) groups is 1. The normalized spacial score (nSPS) is 16.4. The first kappa shape index (κ1) is 22.8. The summed E-state index contributed by atoms with van der Waals surface area (Å²) in [4.78, 5) is 39.6. The molecule has 14 nitrogen and oxygen atoms in total. The highest BCUT2D eigenvalue weighted by atomic mass is 32.2. The highest BCUT2D eigenvalue weighted by molar-refractivity contribution is 7.89. The van der Waals surface area contributed by atoms with Crippen LogP contribution >= 0.6 is 0 Å². The van der Waals surface area contributed by atoms with Gasteiger partial charge in [0, 0.05) is 18.9 Å². The second-order valence-electron chi connectivity index (χ2n) is 5.64. The standard InChI is InChI=1S/C15H20N6O8S/c1-5-29-14(23)10-7(2)19-20-13(10)30(25,26)21-9(28-4)6-8(27-3)17-11(21)12(22)18-15(16)24/h6,9H,5H2,1-4H3,(H,19,20)(H3,16,18,22,24). The van der Waals surface area contributed by atoms with E-state index in [-0.39, 0.29) is 23.7 Å². The Morgan fingerprint density at radius 3 is 2.53 bits per heavy atom. The minimum absolute atomic E-state index is 0.0129. The number of ether oxygens (including phenoxy) is 3. The maximum atomic E-state index is 13.4. The molecule has 1 atom stereocenters. The summed E-state index contributed by atoms with van der Waals surface area (Å²) in [6, 6.07) is -1.25. The van der Waals surface area contributed by atoms with Crippen molar-refractivity contribution in [2.45, 2.75) is 25.1 Å². The third-order valence-electron chi connectivity index (χ3n) is 3.73. The van der Waals surface area contributed by atoms with Gasteiger partial charge in [-0.1, -0.05) is 0 Å². The van der Waals surface area contributed by atoms with Crippen molar-refractivity contribution in [3.63, 3.8) is 0 Å². The van der Waals surface area contributed by atoms with Crippen LogP contribution in [0.5, 0.6) is 0 Å². The lowest BCUT2D eigenvalue weighted by atomic mass is 10.3.